The van der Waals surface area contributed by atoms with Crippen LogP contribution in [0.2, 0.25) is 0 Å². The number of ether oxygens (including phenoxy) is 1. The van der Waals surface area contributed by atoms with E-state index in [0.717, 1.165) is 6.42 Å². The first-order valence-corrected chi connectivity index (χ1v) is 8.34. The van der Waals surface area contributed by atoms with Gasteiger partial charge in [-0.05, 0) is 36.6 Å². The number of methoxy groups -OCH3 is 1. The van der Waals surface area contributed by atoms with Gasteiger partial charge in [-0.2, -0.15) is 0 Å². The molecule has 0 aromatic heterocycles. The summed E-state index contributed by atoms with van der Waals surface area (Å²) in [5.41, 5.74) is 1.56. The molecule has 2 aromatic carbocycles. The minimum absolute atomic E-state index is 0.0877. The largest absolute Gasteiger partial charge is 0.497 e. The van der Waals surface area contributed by atoms with Gasteiger partial charge in [0.1, 0.15) is 5.75 Å². The van der Waals surface area contributed by atoms with E-state index >= 15 is 0 Å². The van der Waals surface area contributed by atoms with Crippen LogP contribution in [0.1, 0.15) is 37.0 Å². The Morgan fingerprint density at radius 2 is 1.80 bits per heavy atom. The summed E-state index contributed by atoms with van der Waals surface area (Å²) in [4.78, 5) is 24.7. The topological polar surface area (TPSA) is 67.4 Å². The average molecular weight is 340 g/mol. The number of benzene rings is 2. The Morgan fingerprint density at radius 3 is 2.52 bits per heavy atom. The van der Waals surface area contributed by atoms with Crippen molar-refractivity contribution >= 4 is 23.2 Å². The van der Waals surface area contributed by atoms with Crippen LogP contribution in [0.3, 0.4) is 0 Å². The van der Waals surface area contributed by atoms with Crippen LogP contribution in [0.15, 0.2) is 48.5 Å². The van der Waals surface area contributed by atoms with Crippen molar-refractivity contribution in [2.24, 2.45) is 5.92 Å². The van der Waals surface area contributed by atoms with Gasteiger partial charge >= 0.3 is 0 Å². The summed E-state index contributed by atoms with van der Waals surface area (Å²) >= 11 is 0. The molecule has 0 aliphatic rings. The summed E-state index contributed by atoms with van der Waals surface area (Å²) in [6.45, 7) is 4.14. The fraction of sp³-hybridized carbons (Fsp3) is 0.300. The quantitative estimate of drug-likeness (QED) is 0.788. The van der Waals surface area contributed by atoms with Gasteiger partial charge in [0.05, 0.1) is 18.4 Å². The Balaban J connectivity index is 2.10. The third kappa shape index (κ3) is 5.64. The van der Waals surface area contributed by atoms with E-state index in [4.69, 9.17) is 4.74 Å². The Morgan fingerprint density at radius 1 is 1.04 bits per heavy atom. The minimum Gasteiger partial charge on any atom is -0.497 e. The van der Waals surface area contributed by atoms with E-state index in [1.54, 1.807) is 55.6 Å². The van der Waals surface area contributed by atoms with E-state index in [1.807, 2.05) is 0 Å². The predicted octanol–water partition coefficient (Wildman–Crippen LogP) is 4.32. The number of carbonyl (C=O) groups excluding carboxylic acids is 2. The number of nitrogens with one attached hydrogen (secondary N) is 2. The lowest BCUT2D eigenvalue weighted by atomic mass is 10.1. The van der Waals surface area contributed by atoms with Crippen molar-refractivity contribution in [1.82, 2.24) is 0 Å². The maximum atomic E-state index is 12.6. The molecule has 132 valence electrons. The van der Waals surface area contributed by atoms with E-state index in [0.29, 0.717) is 35.0 Å². The van der Waals surface area contributed by atoms with Gasteiger partial charge in [0.25, 0.3) is 5.91 Å². The molecule has 0 atom stereocenters. The van der Waals surface area contributed by atoms with E-state index < -0.39 is 0 Å². The molecular formula is C20H24N2O3. The molecule has 0 spiro atoms. The highest BCUT2D eigenvalue weighted by molar-refractivity contribution is 6.10. The molecule has 2 aromatic rings. The van der Waals surface area contributed by atoms with Crippen LogP contribution in [0.4, 0.5) is 11.4 Å². The van der Waals surface area contributed by atoms with Gasteiger partial charge in [0.2, 0.25) is 5.91 Å². The Kier molecular flexibility index (Phi) is 6.57. The van der Waals surface area contributed by atoms with Gasteiger partial charge in [0, 0.05) is 18.2 Å². The van der Waals surface area contributed by atoms with Crippen molar-refractivity contribution in [3.8, 4) is 5.75 Å². The second kappa shape index (κ2) is 8.87. The van der Waals surface area contributed by atoms with E-state index in [9.17, 15) is 9.59 Å². The molecule has 25 heavy (non-hydrogen) atoms. The Hall–Kier alpha value is -2.82. The highest BCUT2D eigenvalue weighted by atomic mass is 16.5. The van der Waals surface area contributed by atoms with Crippen molar-refractivity contribution in [1.29, 1.82) is 0 Å². The maximum Gasteiger partial charge on any atom is 0.257 e. The summed E-state index contributed by atoms with van der Waals surface area (Å²) in [6.07, 6.45) is 1.24. The average Bonchev–Trinajstić information content (AvgIpc) is 2.60. The highest BCUT2D eigenvalue weighted by Crippen LogP contribution is 2.21. The van der Waals surface area contributed by atoms with Crippen LogP contribution in [0.5, 0.6) is 5.75 Å². The smallest absolute Gasteiger partial charge is 0.257 e. The predicted molar refractivity (Wildman–Crippen MR) is 100 cm³/mol. The lowest BCUT2D eigenvalue weighted by Gasteiger charge is -2.12. The zero-order valence-electron chi connectivity index (χ0n) is 14.8. The van der Waals surface area contributed by atoms with Gasteiger partial charge in [-0.1, -0.05) is 32.0 Å². The van der Waals surface area contributed by atoms with Crippen LogP contribution in [0, 0.1) is 5.92 Å². The fourth-order valence-electron chi connectivity index (χ4n) is 2.32. The molecule has 0 aliphatic heterocycles. The third-order valence-electron chi connectivity index (χ3n) is 3.72. The molecule has 0 radical (unpaired) electrons. The van der Waals surface area contributed by atoms with Crippen molar-refractivity contribution in [2.45, 2.75) is 26.7 Å². The molecular weight excluding hydrogens is 316 g/mol. The molecule has 0 heterocycles. The zero-order chi connectivity index (χ0) is 18.2. The number of anilines is 2. The van der Waals surface area contributed by atoms with Crippen LogP contribution >= 0.6 is 0 Å². The normalized spacial score (nSPS) is 10.4. The lowest BCUT2D eigenvalue weighted by Crippen LogP contribution is -2.18. The summed E-state index contributed by atoms with van der Waals surface area (Å²) in [7, 11) is 1.57. The van der Waals surface area contributed by atoms with Crippen molar-refractivity contribution < 1.29 is 14.3 Å². The van der Waals surface area contributed by atoms with Crippen LogP contribution < -0.4 is 15.4 Å². The van der Waals surface area contributed by atoms with Crippen molar-refractivity contribution in [3.63, 3.8) is 0 Å². The van der Waals surface area contributed by atoms with Crippen molar-refractivity contribution in [3.05, 3.63) is 54.1 Å². The zero-order valence-corrected chi connectivity index (χ0v) is 14.8. The summed E-state index contributed by atoms with van der Waals surface area (Å²) < 4.78 is 5.16. The summed E-state index contributed by atoms with van der Waals surface area (Å²) in [5, 5.41) is 5.66. The standard InChI is InChI=1S/C20H24N2O3/c1-14(2)11-12-19(23)22-18-10-5-4-9-17(18)20(24)21-15-7-6-8-16(13-15)25-3/h4-10,13-14H,11-12H2,1-3H3,(H,21,24)(H,22,23). The molecule has 2 N–H and O–H groups in total. The summed E-state index contributed by atoms with van der Waals surface area (Å²) in [5.74, 6) is 0.744. The van der Waals surface area contributed by atoms with Crippen molar-refractivity contribution in [2.75, 3.05) is 17.7 Å². The molecule has 5 nitrogen and oxygen atoms in total. The van der Waals surface area contributed by atoms with E-state index in [1.165, 1.54) is 0 Å². The molecule has 2 amide bonds. The van der Waals surface area contributed by atoms with Gasteiger partial charge in [-0.15, -0.1) is 0 Å². The fourth-order valence-corrected chi connectivity index (χ4v) is 2.32. The monoisotopic (exact) mass is 340 g/mol. The SMILES string of the molecule is COc1cccc(NC(=O)c2ccccc2NC(=O)CCC(C)C)c1. The molecule has 2 rings (SSSR count). The highest BCUT2D eigenvalue weighted by Gasteiger charge is 2.14. The van der Waals surface area contributed by atoms with E-state index in [2.05, 4.69) is 24.5 Å². The number of amides is 2. The van der Waals surface area contributed by atoms with Gasteiger partial charge in [-0.3, -0.25) is 9.59 Å². The Labute approximate surface area is 148 Å². The number of carbonyl (C=O) groups is 2. The molecule has 0 fully saturated rings. The second-order valence-corrected chi connectivity index (χ2v) is 6.21. The van der Waals surface area contributed by atoms with Crippen LogP contribution in [-0.4, -0.2) is 18.9 Å². The van der Waals surface area contributed by atoms with E-state index in [-0.39, 0.29) is 11.8 Å². The van der Waals surface area contributed by atoms with Gasteiger partial charge < -0.3 is 15.4 Å². The van der Waals surface area contributed by atoms with Gasteiger partial charge in [0.15, 0.2) is 0 Å². The lowest BCUT2D eigenvalue weighted by molar-refractivity contribution is -0.116. The molecule has 0 bridgehead atoms. The first-order valence-electron chi connectivity index (χ1n) is 8.34. The second-order valence-electron chi connectivity index (χ2n) is 6.21. The molecule has 5 heteroatoms. The number of rotatable bonds is 7. The molecule has 0 aliphatic carbocycles. The van der Waals surface area contributed by atoms with Gasteiger partial charge in [-0.25, -0.2) is 0 Å². The van der Waals surface area contributed by atoms with Crippen LogP contribution in [0.25, 0.3) is 0 Å². The number of hydrogen-bond acceptors (Lipinski definition) is 3. The minimum atomic E-state index is -0.284. The number of para-hydroxylation sites is 1. The first kappa shape index (κ1) is 18.5. The molecule has 0 unspecified atom stereocenters. The number of hydrogen-bond donors (Lipinski definition) is 2. The summed E-state index contributed by atoms with van der Waals surface area (Å²) in [6, 6.07) is 14.1. The third-order valence-corrected chi connectivity index (χ3v) is 3.72. The molecule has 0 saturated heterocycles. The Bertz CT molecular complexity index is 741. The first-order chi connectivity index (χ1) is 12.0. The maximum absolute atomic E-state index is 12.6. The van der Waals surface area contributed by atoms with Crippen LogP contribution in [-0.2, 0) is 4.79 Å². The molecule has 0 saturated carbocycles.